The van der Waals surface area contributed by atoms with Crippen LogP contribution in [-0.4, -0.2) is 22.4 Å². The van der Waals surface area contributed by atoms with Crippen LogP contribution in [0.2, 0.25) is 5.02 Å². The Hall–Kier alpha value is -0.800. The lowest BCUT2D eigenvalue weighted by Gasteiger charge is -2.11. The second kappa shape index (κ2) is 5.51. The van der Waals surface area contributed by atoms with Crippen LogP contribution in [0.25, 0.3) is 0 Å². The predicted octanol–water partition coefficient (Wildman–Crippen LogP) is 2.71. The van der Waals surface area contributed by atoms with E-state index in [0.29, 0.717) is 6.04 Å². The Morgan fingerprint density at radius 3 is 2.56 bits per heavy atom. The predicted molar refractivity (Wildman–Crippen MR) is 69.0 cm³/mol. The van der Waals surface area contributed by atoms with Crippen molar-refractivity contribution in [3.05, 3.63) is 28.6 Å². The average Bonchev–Trinajstić information content (AvgIpc) is 2.43. The molecule has 0 saturated heterocycles. The Bertz CT molecular complexity index is 380. The van der Waals surface area contributed by atoms with E-state index in [0.717, 1.165) is 35.1 Å². The first kappa shape index (κ1) is 13.3. The number of nitrogens with one attached hydrogen (secondary N) is 1. The largest absolute Gasteiger partial charge is 0.311 e. The summed E-state index contributed by atoms with van der Waals surface area (Å²) in [6.07, 6.45) is 0. The van der Waals surface area contributed by atoms with Crippen molar-refractivity contribution in [2.45, 2.75) is 40.3 Å². The minimum absolute atomic E-state index is 0.473. The zero-order chi connectivity index (χ0) is 12.3. The Balaban J connectivity index is 2.60. The summed E-state index contributed by atoms with van der Waals surface area (Å²) in [5, 5.41) is 8.46. The summed E-state index contributed by atoms with van der Waals surface area (Å²) in [7, 11) is 0. The molecule has 3 nitrogen and oxygen atoms in total. The molecule has 1 heterocycles. The van der Waals surface area contributed by atoms with Gasteiger partial charge in [-0.2, -0.15) is 5.10 Å². The maximum Gasteiger partial charge on any atom is 0.0844 e. The van der Waals surface area contributed by atoms with Gasteiger partial charge in [-0.1, -0.05) is 32.0 Å². The molecule has 0 aliphatic carbocycles. The quantitative estimate of drug-likeness (QED) is 0.804. The number of halogens is 1. The monoisotopic (exact) mass is 241 g/mol. The molecule has 0 saturated carbocycles. The second-order valence-corrected chi connectivity index (χ2v) is 4.81. The van der Waals surface area contributed by atoms with Gasteiger partial charge in [0.1, 0.15) is 0 Å². The van der Waals surface area contributed by atoms with E-state index in [4.69, 9.17) is 11.6 Å². The van der Waals surface area contributed by atoms with Gasteiger partial charge in [0.05, 0.1) is 23.0 Å². The summed E-state index contributed by atoms with van der Waals surface area (Å²) in [6, 6.07) is 0.473. The van der Waals surface area contributed by atoms with E-state index in [1.807, 2.05) is 18.5 Å². The molecule has 1 aromatic rings. The summed E-state index contributed by atoms with van der Waals surface area (Å²) in [5.74, 6) is 0. The third kappa shape index (κ3) is 3.35. The van der Waals surface area contributed by atoms with Crippen LogP contribution in [0.4, 0.5) is 0 Å². The van der Waals surface area contributed by atoms with E-state index in [1.165, 1.54) is 0 Å². The van der Waals surface area contributed by atoms with Gasteiger partial charge in [0.2, 0.25) is 0 Å². The summed E-state index contributed by atoms with van der Waals surface area (Å²) >= 11 is 6.08. The Morgan fingerprint density at radius 2 is 2.12 bits per heavy atom. The Labute approximate surface area is 102 Å². The van der Waals surface area contributed by atoms with Crippen LogP contribution >= 0.6 is 11.6 Å². The van der Waals surface area contributed by atoms with Crippen molar-refractivity contribution in [3.63, 3.8) is 0 Å². The lowest BCUT2D eigenvalue weighted by Crippen LogP contribution is -2.26. The minimum Gasteiger partial charge on any atom is -0.311 e. The molecule has 1 rings (SSSR count). The van der Waals surface area contributed by atoms with E-state index in [2.05, 4.69) is 30.8 Å². The second-order valence-electron chi connectivity index (χ2n) is 4.43. The van der Waals surface area contributed by atoms with E-state index >= 15 is 0 Å². The summed E-state index contributed by atoms with van der Waals surface area (Å²) in [5.41, 5.74) is 2.99. The van der Waals surface area contributed by atoms with Crippen molar-refractivity contribution < 1.29 is 0 Å². The number of aryl methyl sites for hydroxylation is 1. The smallest absolute Gasteiger partial charge is 0.0844 e. The molecular weight excluding hydrogens is 222 g/mol. The molecule has 0 aliphatic heterocycles. The first-order valence-electron chi connectivity index (χ1n) is 5.51. The fraction of sp³-hybridized carbons (Fsp3) is 0.583. The minimum atomic E-state index is 0.473. The fourth-order valence-corrected chi connectivity index (χ4v) is 1.58. The normalized spacial score (nSPS) is 11.1. The standard InChI is InChI=1S/C12H20ClN3/c1-8(2)14-6-9(3)7-16-11(5)12(13)10(4)15-16/h8,14H,3,6-7H2,1-2,4-5H3. The lowest BCUT2D eigenvalue weighted by molar-refractivity contribution is 0.581. The Kier molecular flexibility index (Phi) is 4.56. The highest BCUT2D eigenvalue weighted by Gasteiger charge is 2.09. The first-order valence-corrected chi connectivity index (χ1v) is 5.89. The summed E-state index contributed by atoms with van der Waals surface area (Å²) in [4.78, 5) is 0. The summed E-state index contributed by atoms with van der Waals surface area (Å²) in [6.45, 7) is 13.7. The van der Waals surface area contributed by atoms with E-state index in [1.54, 1.807) is 0 Å². The first-order chi connectivity index (χ1) is 7.41. The molecular formula is C12H20ClN3. The van der Waals surface area contributed by atoms with E-state index in [-0.39, 0.29) is 0 Å². The molecule has 1 N–H and O–H groups in total. The van der Waals surface area contributed by atoms with Crippen molar-refractivity contribution in [1.82, 2.24) is 15.1 Å². The third-order valence-electron chi connectivity index (χ3n) is 2.43. The van der Waals surface area contributed by atoms with Gasteiger partial charge in [-0.15, -0.1) is 0 Å². The van der Waals surface area contributed by atoms with Gasteiger partial charge in [0.15, 0.2) is 0 Å². The van der Waals surface area contributed by atoms with Crippen molar-refractivity contribution >= 4 is 11.6 Å². The number of nitrogens with zero attached hydrogens (tertiary/aromatic N) is 2. The number of hydrogen-bond donors (Lipinski definition) is 1. The number of aromatic nitrogens is 2. The fourth-order valence-electron chi connectivity index (χ4n) is 1.45. The van der Waals surface area contributed by atoms with Crippen LogP contribution in [-0.2, 0) is 6.54 Å². The Morgan fingerprint density at radius 1 is 1.50 bits per heavy atom. The van der Waals surface area contributed by atoms with Crippen molar-refractivity contribution in [1.29, 1.82) is 0 Å². The van der Waals surface area contributed by atoms with E-state index < -0.39 is 0 Å². The zero-order valence-electron chi connectivity index (χ0n) is 10.5. The number of hydrogen-bond acceptors (Lipinski definition) is 2. The van der Waals surface area contributed by atoms with Gasteiger partial charge in [0, 0.05) is 12.6 Å². The molecule has 1 aromatic heterocycles. The molecule has 0 aliphatic rings. The highest BCUT2D eigenvalue weighted by atomic mass is 35.5. The maximum absolute atomic E-state index is 6.08. The zero-order valence-corrected chi connectivity index (χ0v) is 11.2. The van der Waals surface area contributed by atoms with Crippen molar-refractivity contribution in [2.24, 2.45) is 0 Å². The molecule has 4 heteroatoms. The van der Waals surface area contributed by atoms with Crippen LogP contribution in [0.15, 0.2) is 12.2 Å². The molecule has 0 aromatic carbocycles. The highest BCUT2D eigenvalue weighted by Crippen LogP contribution is 2.19. The average molecular weight is 242 g/mol. The van der Waals surface area contributed by atoms with Crippen LogP contribution in [0.5, 0.6) is 0 Å². The van der Waals surface area contributed by atoms with Gasteiger partial charge >= 0.3 is 0 Å². The van der Waals surface area contributed by atoms with Gasteiger partial charge in [0.25, 0.3) is 0 Å². The molecule has 0 radical (unpaired) electrons. The van der Waals surface area contributed by atoms with Crippen LogP contribution < -0.4 is 5.32 Å². The molecule has 0 fully saturated rings. The molecule has 90 valence electrons. The topological polar surface area (TPSA) is 29.9 Å². The molecule has 0 amide bonds. The van der Waals surface area contributed by atoms with Crippen molar-refractivity contribution in [3.8, 4) is 0 Å². The molecule has 0 unspecified atom stereocenters. The molecule has 0 spiro atoms. The highest BCUT2D eigenvalue weighted by molar-refractivity contribution is 6.31. The van der Waals surface area contributed by atoms with Crippen molar-refractivity contribution in [2.75, 3.05) is 6.54 Å². The van der Waals surface area contributed by atoms with E-state index in [9.17, 15) is 0 Å². The number of rotatable bonds is 5. The molecule has 0 atom stereocenters. The van der Waals surface area contributed by atoms with Gasteiger partial charge in [-0.25, -0.2) is 0 Å². The molecule has 0 bridgehead atoms. The maximum atomic E-state index is 6.08. The SMILES string of the molecule is C=C(CNC(C)C)Cn1nc(C)c(Cl)c1C. The van der Waals surface area contributed by atoms with Crippen LogP contribution in [0, 0.1) is 13.8 Å². The lowest BCUT2D eigenvalue weighted by atomic mass is 10.2. The van der Waals surface area contributed by atoms with Crippen LogP contribution in [0.1, 0.15) is 25.2 Å². The van der Waals surface area contributed by atoms with Gasteiger partial charge < -0.3 is 5.32 Å². The van der Waals surface area contributed by atoms with Crippen LogP contribution in [0.3, 0.4) is 0 Å². The van der Waals surface area contributed by atoms with Gasteiger partial charge in [-0.3, -0.25) is 4.68 Å². The van der Waals surface area contributed by atoms with Gasteiger partial charge in [-0.05, 0) is 19.4 Å². The molecule has 16 heavy (non-hydrogen) atoms. The summed E-state index contributed by atoms with van der Waals surface area (Å²) < 4.78 is 1.90. The third-order valence-corrected chi connectivity index (χ3v) is 2.97.